The molecule has 0 saturated heterocycles. The fraction of sp³-hybridized carbons (Fsp3) is 0.316. The van der Waals surface area contributed by atoms with Crippen molar-refractivity contribution in [1.82, 2.24) is 30.0 Å². The van der Waals surface area contributed by atoms with Crippen LogP contribution in [0, 0.1) is 6.92 Å². The molecule has 1 aliphatic carbocycles. The normalized spacial score (nSPS) is 16.2. The summed E-state index contributed by atoms with van der Waals surface area (Å²) in [6, 6.07) is 5.50. The molecule has 0 spiro atoms. The van der Waals surface area contributed by atoms with Crippen molar-refractivity contribution >= 4 is 5.91 Å². The molecule has 3 aromatic rings. The molecule has 0 fully saturated rings. The summed E-state index contributed by atoms with van der Waals surface area (Å²) in [5.74, 6) is 0.531. The highest BCUT2D eigenvalue weighted by Gasteiger charge is 2.25. The number of aryl methyl sites for hydroxylation is 3. The number of carbonyl (C=O) groups excluding carboxylic acids is 1. The molecule has 4 rings (SSSR count). The quantitative estimate of drug-likeness (QED) is 0.785. The SMILES string of the molecule is Cc1cc(C(=O)N[C@@H]2CCCc3nc(-c4ccncc4)ncc32)nn1C. The maximum absolute atomic E-state index is 12.5. The largest absolute Gasteiger partial charge is 0.344 e. The Morgan fingerprint density at radius 2 is 2.12 bits per heavy atom. The average Bonchev–Trinajstić information content (AvgIpc) is 3.01. The Morgan fingerprint density at radius 1 is 1.31 bits per heavy atom. The van der Waals surface area contributed by atoms with Crippen molar-refractivity contribution in [3.8, 4) is 11.4 Å². The first-order chi connectivity index (χ1) is 12.6. The van der Waals surface area contributed by atoms with Gasteiger partial charge in [0.05, 0.1) is 6.04 Å². The smallest absolute Gasteiger partial charge is 0.272 e. The number of hydrogen-bond donors (Lipinski definition) is 1. The van der Waals surface area contributed by atoms with E-state index >= 15 is 0 Å². The molecule has 1 aliphatic rings. The van der Waals surface area contributed by atoms with Gasteiger partial charge in [-0.2, -0.15) is 5.10 Å². The van der Waals surface area contributed by atoms with Crippen LogP contribution in [0.25, 0.3) is 11.4 Å². The van der Waals surface area contributed by atoms with E-state index in [1.54, 1.807) is 23.1 Å². The minimum absolute atomic E-state index is 0.0833. The van der Waals surface area contributed by atoms with E-state index in [-0.39, 0.29) is 11.9 Å². The molecule has 7 nitrogen and oxygen atoms in total. The Bertz CT molecular complexity index is 930. The lowest BCUT2D eigenvalue weighted by molar-refractivity contribution is 0.0926. The third-order valence-electron chi connectivity index (χ3n) is 4.77. The molecule has 0 bridgehead atoms. The van der Waals surface area contributed by atoms with Crippen LogP contribution in [-0.4, -0.2) is 30.6 Å². The topological polar surface area (TPSA) is 85.6 Å². The zero-order valence-corrected chi connectivity index (χ0v) is 14.8. The van der Waals surface area contributed by atoms with Crippen LogP contribution in [0.15, 0.2) is 36.8 Å². The number of hydrogen-bond acceptors (Lipinski definition) is 5. The lowest BCUT2D eigenvalue weighted by atomic mass is 9.92. The monoisotopic (exact) mass is 348 g/mol. The third-order valence-corrected chi connectivity index (χ3v) is 4.77. The summed E-state index contributed by atoms with van der Waals surface area (Å²) in [6.07, 6.45) is 8.05. The van der Waals surface area contributed by atoms with Crippen LogP contribution in [0.1, 0.15) is 46.3 Å². The molecule has 3 heterocycles. The Labute approximate surface area is 151 Å². The van der Waals surface area contributed by atoms with Gasteiger partial charge < -0.3 is 5.32 Å². The highest BCUT2D eigenvalue weighted by molar-refractivity contribution is 5.92. The Hall–Kier alpha value is -3.09. The second-order valence-corrected chi connectivity index (χ2v) is 6.54. The van der Waals surface area contributed by atoms with Gasteiger partial charge in [0.2, 0.25) is 0 Å². The predicted octanol–water partition coefficient (Wildman–Crippen LogP) is 2.39. The van der Waals surface area contributed by atoms with Crippen molar-refractivity contribution in [2.75, 3.05) is 0 Å². The number of nitrogens with one attached hydrogen (secondary N) is 1. The Balaban J connectivity index is 1.58. The van der Waals surface area contributed by atoms with Gasteiger partial charge in [-0.05, 0) is 44.4 Å². The fourth-order valence-corrected chi connectivity index (χ4v) is 3.24. The van der Waals surface area contributed by atoms with E-state index in [0.29, 0.717) is 11.5 Å². The maximum atomic E-state index is 12.5. The van der Waals surface area contributed by atoms with Crippen molar-refractivity contribution in [3.63, 3.8) is 0 Å². The third kappa shape index (κ3) is 3.08. The van der Waals surface area contributed by atoms with Gasteiger partial charge in [-0.3, -0.25) is 14.5 Å². The van der Waals surface area contributed by atoms with E-state index < -0.39 is 0 Å². The minimum atomic E-state index is -0.162. The molecule has 0 unspecified atom stereocenters. The lowest BCUT2D eigenvalue weighted by Gasteiger charge is -2.25. The first kappa shape index (κ1) is 16.4. The van der Waals surface area contributed by atoms with Crippen molar-refractivity contribution in [3.05, 3.63) is 59.4 Å². The molecule has 0 aromatic carbocycles. The van der Waals surface area contributed by atoms with Crippen LogP contribution in [-0.2, 0) is 13.5 Å². The van der Waals surface area contributed by atoms with Crippen molar-refractivity contribution in [2.24, 2.45) is 7.05 Å². The first-order valence-electron chi connectivity index (χ1n) is 8.69. The van der Waals surface area contributed by atoms with E-state index in [4.69, 9.17) is 4.98 Å². The molecule has 0 radical (unpaired) electrons. The van der Waals surface area contributed by atoms with Crippen molar-refractivity contribution in [1.29, 1.82) is 0 Å². The number of rotatable bonds is 3. The number of nitrogens with zero attached hydrogens (tertiary/aromatic N) is 5. The van der Waals surface area contributed by atoms with Gasteiger partial charge in [0.1, 0.15) is 5.69 Å². The van der Waals surface area contributed by atoms with Gasteiger partial charge in [0.15, 0.2) is 5.82 Å². The Kier molecular flexibility index (Phi) is 4.20. The van der Waals surface area contributed by atoms with Crippen LogP contribution >= 0.6 is 0 Å². The molecule has 3 aromatic heterocycles. The van der Waals surface area contributed by atoms with E-state index in [1.165, 1.54) is 0 Å². The summed E-state index contributed by atoms with van der Waals surface area (Å²) >= 11 is 0. The number of fused-ring (bicyclic) bond motifs is 1. The number of carbonyl (C=O) groups is 1. The molecule has 7 heteroatoms. The second kappa shape index (κ2) is 6.67. The van der Waals surface area contributed by atoms with Crippen LogP contribution in [0.2, 0.25) is 0 Å². The molecule has 1 atom stereocenters. The highest BCUT2D eigenvalue weighted by Crippen LogP contribution is 2.29. The summed E-state index contributed by atoms with van der Waals surface area (Å²) < 4.78 is 1.70. The summed E-state index contributed by atoms with van der Waals surface area (Å²) in [4.78, 5) is 25.8. The average molecular weight is 348 g/mol. The number of amides is 1. The van der Waals surface area contributed by atoms with Crippen LogP contribution < -0.4 is 5.32 Å². The van der Waals surface area contributed by atoms with E-state index in [0.717, 1.165) is 41.8 Å². The molecule has 132 valence electrons. The molecule has 1 amide bonds. The molecule has 0 saturated carbocycles. The van der Waals surface area contributed by atoms with Crippen LogP contribution in [0.4, 0.5) is 0 Å². The zero-order chi connectivity index (χ0) is 18.1. The predicted molar refractivity (Wildman–Crippen MR) is 96.4 cm³/mol. The first-order valence-corrected chi connectivity index (χ1v) is 8.69. The molecule has 1 N–H and O–H groups in total. The second-order valence-electron chi connectivity index (χ2n) is 6.54. The zero-order valence-electron chi connectivity index (χ0n) is 14.8. The van der Waals surface area contributed by atoms with Gasteiger partial charge in [-0.1, -0.05) is 0 Å². The molecular formula is C19H20N6O. The standard InChI is InChI=1S/C19H20N6O/c1-12-10-17(24-25(12)2)19(26)23-16-5-3-4-15-14(16)11-21-18(22-15)13-6-8-20-9-7-13/h6-11,16H,3-5H2,1-2H3,(H,23,26)/t16-/m1/s1. The Morgan fingerprint density at radius 3 is 2.85 bits per heavy atom. The fourth-order valence-electron chi connectivity index (χ4n) is 3.24. The maximum Gasteiger partial charge on any atom is 0.272 e. The van der Waals surface area contributed by atoms with Crippen LogP contribution in [0.3, 0.4) is 0 Å². The van der Waals surface area contributed by atoms with Gasteiger partial charge in [0, 0.05) is 48.2 Å². The molecule has 0 aliphatic heterocycles. The highest BCUT2D eigenvalue weighted by atomic mass is 16.2. The summed E-state index contributed by atoms with van der Waals surface area (Å²) in [5, 5.41) is 7.34. The lowest BCUT2D eigenvalue weighted by Crippen LogP contribution is -2.32. The molecule has 26 heavy (non-hydrogen) atoms. The van der Waals surface area contributed by atoms with Gasteiger partial charge in [-0.15, -0.1) is 0 Å². The van der Waals surface area contributed by atoms with E-state index in [9.17, 15) is 4.79 Å². The van der Waals surface area contributed by atoms with E-state index in [1.807, 2.05) is 32.3 Å². The summed E-state index contributed by atoms with van der Waals surface area (Å²) in [5.41, 5.74) is 4.32. The minimum Gasteiger partial charge on any atom is -0.344 e. The van der Waals surface area contributed by atoms with Crippen molar-refractivity contribution < 1.29 is 4.79 Å². The molecular weight excluding hydrogens is 328 g/mol. The van der Waals surface area contributed by atoms with Gasteiger partial charge in [-0.25, -0.2) is 9.97 Å². The van der Waals surface area contributed by atoms with Gasteiger partial charge in [0.25, 0.3) is 5.91 Å². The van der Waals surface area contributed by atoms with Crippen LogP contribution in [0.5, 0.6) is 0 Å². The van der Waals surface area contributed by atoms with Crippen molar-refractivity contribution in [2.45, 2.75) is 32.2 Å². The number of aromatic nitrogens is 5. The number of pyridine rings is 1. The summed E-state index contributed by atoms with van der Waals surface area (Å²) in [6.45, 7) is 1.92. The summed E-state index contributed by atoms with van der Waals surface area (Å²) in [7, 11) is 1.83. The van der Waals surface area contributed by atoms with Gasteiger partial charge >= 0.3 is 0 Å². The van der Waals surface area contributed by atoms with E-state index in [2.05, 4.69) is 20.4 Å².